The van der Waals surface area contributed by atoms with E-state index in [9.17, 15) is 0 Å². The second kappa shape index (κ2) is 17.5. The summed E-state index contributed by atoms with van der Waals surface area (Å²) in [5.74, 6) is -1.67. The van der Waals surface area contributed by atoms with Crippen molar-refractivity contribution in [1.29, 1.82) is 0 Å². The van der Waals surface area contributed by atoms with Gasteiger partial charge in [-0.25, -0.2) is 0 Å². The smallest absolute Gasteiger partial charge is 1.00 e. The van der Waals surface area contributed by atoms with Crippen LogP contribution in [-0.2, 0) is 9.59 Å². The maximum absolute atomic E-state index is 9.00. The van der Waals surface area contributed by atoms with Crippen LogP contribution in [0.4, 0.5) is 0 Å². The molecule has 0 aromatic rings. The summed E-state index contributed by atoms with van der Waals surface area (Å²) in [4.78, 5) is 18.0. The standard InChI is InChI=1S/2C2H4O2.BH3O3.Li.H/c2*1-2(3)4;2-1(3)4;;/h2*1H3,(H,3,4);2-4H;;/q;;;+1;-1. The number of carboxylic acids is 2. The van der Waals surface area contributed by atoms with Crippen molar-refractivity contribution in [2.24, 2.45) is 0 Å². The second-order valence-electron chi connectivity index (χ2n) is 1.38. The van der Waals surface area contributed by atoms with Gasteiger partial charge in [0.1, 0.15) is 0 Å². The van der Waals surface area contributed by atoms with Crippen molar-refractivity contribution in [2.75, 3.05) is 0 Å². The van der Waals surface area contributed by atoms with Gasteiger partial charge in [0.15, 0.2) is 0 Å². The van der Waals surface area contributed by atoms with Crippen LogP contribution < -0.4 is 18.9 Å². The van der Waals surface area contributed by atoms with E-state index in [1.807, 2.05) is 0 Å². The van der Waals surface area contributed by atoms with Crippen LogP contribution in [0.3, 0.4) is 0 Å². The van der Waals surface area contributed by atoms with Gasteiger partial charge in [0, 0.05) is 13.8 Å². The molecule has 13 heavy (non-hydrogen) atoms. The first-order valence-electron chi connectivity index (χ1n) is 2.63. The molecule has 0 aromatic carbocycles. The molecule has 0 saturated heterocycles. The van der Waals surface area contributed by atoms with E-state index >= 15 is 0 Å². The van der Waals surface area contributed by atoms with Crippen LogP contribution in [0.2, 0.25) is 0 Å². The monoisotopic (exact) mass is 190 g/mol. The molecule has 9 heteroatoms. The maximum Gasteiger partial charge on any atom is 1.00 e. The Bertz CT molecular complexity index is 110. The minimum absolute atomic E-state index is 0. The maximum atomic E-state index is 9.00. The van der Waals surface area contributed by atoms with Crippen molar-refractivity contribution in [3.8, 4) is 0 Å². The minimum Gasteiger partial charge on any atom is -1.00 e. The topological polar surface area (TPSA) is 135 Å². The van der Waals surface area contributed by atoms with Gasteiger partial charge in [-0.05, 0) is 0 Å². The summed E-state index contributed by atoms with van der Waals surface area (Å²) in [6.45, 7) is 2.17. The van der Waals surface area contributed by atoms with Crippen molar-refractivity contribution < 1.29 is 55.2 Å². The van der Waals surface area contributed by atoms with Gasteiger partial charge >= 0.3 is 26.2 Å². The predicted molar refractivity (Wildman–Crippen MR) is 40.1 cm³/mol. The Balaban J connectivity index is -0.0000000270. The first-order chi connectivity index (χ1) is 5.20. The Morgan fingerprint density at radius 2 is 1.00 bits per heavy atom. The summed E-state index contributed by atoms with van der Waals surface area (Å²) >= 11 is 0. The van der Waals surface area contributed by atoms with Crippen molar-refractivity contribution in [2.45, 2.75) is 13.8 Å². The van der Waals surface area contributed by atoms with E-state index in [1.54, 1.807) is 0 Å². The van der Waals surface area contributed by atoms with E-state index < -0.39 is 19.3 Å². The van der Waals surface area contributed by atoms with E-state index in [0.717, 1.165) is 13.8 Å². The van der Waals surface area contributed by atoms with Gasteiger partial charge in [-0.1, -0.05) is 0 Å². The number of aliphatic carboxylic acids is 2. The molecule has 74 valence electrons. The second-order valence-corrected chi connectivity index (χ2v) is 1.38. The summed E-state index contributed by atoms with van der Waals surface area (Å²) in [7, 11) is -2.17. The summed E-state index contributed by atoms with van der Waals surface area (Å²) in [5.41, 5.74) is 0. The Hall–Kier alpha value is -0.518. The zero-order valence-electron chi connectivity index (χ0n) is 8.63. The first-order valence-corrected chi connectivity index (χ1v) is 2.63. The number of rotatable bonds is 0. The zero-order chi connectivity index (χ0) is 10.7. The fourth-order valence-corrected chi connectivity index (χ4v) is 0. The molecule has 5 N–H and O–H groups in total. The molecule has 0 spiro atoms. The van der Waals surface area contributed by atoms with Crippen LogP contribution in [0.15, 0.2) is 0 Å². The molecule has 0 bridgehead atoms. The van der Waals surface area contributed by atoms with Crippen LogP contribution >= 0.6 is 0 Å². The van der Waals surface area contributed by atoms with Crippen molar-refractivity contribution in [3.63, 3.8) is 0 Å². The molecule has 0 unspecified atom stereocenters. The average molecular weight is 190 g/mol. The number of hydrogen-bond acceptors (Lipinski definition) is 5. The molecule has 0 atom stereocenters. The molecule has 0 saturated carbocycles. The van der Waals surface area contributed by atoms with Crippen LogP contribution in [-0.4, -0.2) is 44.5 Å². The fraction of sp³-hybridized carbons (Fsp3) is 0.500. The molecule has 0 fully saturated rings. The molecular weight excluding hydrogens is 178 g/mol. The number of carboxylic acid groups (broad SMARTS) is 2. The van der Waals surface area contributed by atoms with Crippen LogP contribution in [0, 0.1) is 0 Å². The van der Waals surface area contributed by atoms with E-state index in [4.69, 9.17) is 34.9 Å². The largest absolute Gasteiger partial charge is 1.00 e. The Labute approximate surface area is 88.8 Å². The first kappa shape index (κ1) is 22.9. The number of hydrogen-bond donors (Lipinski definition) is 5. The molecule has 0 aliphatic heterocycles. The van der Waals surface area contributed by atoms with Crippen LogP contribution in [0.25, 0.3) is 0 Å². The molecule has 0 amide bonds. The van der Waals surface area contributed by atoms with E-state index in [2.05, 4.69) is 0 Å². The van der Waals surface area contributed by atoms with Crippen LogP contribution in [0.1, 0.15) is 15.3 Å². The van der Waals surface area contributed by atoms with Gasteiger partial charge < -0.3 is 26.7 Å². The summed E-state index contributed by atoms with van der Waals surface area (Å²) in [5, 5.41) is 36.3. The Morgan fingerprint density at radius 1 is 1.00 bits per heavy atom. The quantitative estimate of drug-likeness (QED) is 0.242. The Morgan fingerprint density at radius 3 is 1.00 bits per heavy atom. The number of carbonyl (C=O) groups is 2. The summed E-state index contributed by atoms with van der Waals surface area (Å²) in [6, 6.07) is 0. The van der Waals surface area contributed by atoms with Gasteiger partial charge in [-0.15, -0.1) is 0 Å². The normalized spacial score (nSPS) is 5.92. The SMILES string of the molecule is CC(=O)O.CC(=O)O.OB(O)O.[H-].[Li+]. The van der Waals surface area contributed by atoms with Gasteiger partial charge in [0.25, 0.3) is 11.9 Å². The molecule has 0 rings (SSSR count). The molecule has 0 heterocycles. The summed E-state index contributed by atoms with van der Waals surface area (Å²) < 4.78 is 0. The van der Waals surface area contributed by atoms with Crippen molar-refractivity contribution in [1.82, 2.24) is 0 Å². The minimum atomic E-state index is -2.17. The van der Waals surface area contributed by atoms with Gasteiger partial charge in [0.2, 0.25) is 0 Å². The zero-order valence-corrected chi connectivity index (χ0v) is 7.63. The average Bonchev–Trinajstić information content (AvgIpc) is 1.54. The molecule has 0 aliphatic rings. The van der Waals surface area contributed by atoms with Crippen molar-refractivity contribution in [3.05, 3.63) is 0 Å². The summed E-state index contributed by atoms with van der Waals surface area (Å²) in [6.07, 6.45) is 0. The molecule has 0 aromatic heterocycles. The van der Waals surface area contributed by atoms with Crippen LogP contribution in [0.5, 0.6) is 0 Å². The van der Waals surface area contributed by atoms with Gasteiger partial charge in [0.05, 0.1) is 0 Å². The third-order valence-corrected chi connectivity index (χ3v) is 0. The van der Waals surface area contributed by atoms with E-state index in [-0.39, 0.29) is 20.3 Å². The molecular formula is C4H12BLiO7. The van der Waals surface area contributed by atoms with E-state index in [0.29, 0.717) is 0 Å². The third-order valence-electron chi connectivity index (χ3n) is 0. The van der Waals surface area contributed by atoms with Gasteiger partial charge in [-0.3, -0.25) is 9.59 Å². The van der Waals surface area contributed by atoms with E-state index in [1.165, 1.54) is 0 Å². The predicted octanol–water partition coefficient (Wildman–Crippen LogP) is -4.75. The molecule has 0 radical (unpaired) electrons. The van der Waals surface area contributed by atoms with Gasteiger partial charge in [-0.2, -0.15) is 0 Å². The third kappa shape index (κ3) is 3850. The fourth-order valence-electron chi connectivity index (χ4n) is 0. The molecule has 0 aliphatic carbocycles. The molecule has 7 nitrogen and oxygen atoms in total. The Kier molecular flexibility index (Phi) is 30.9. The van der Waals surface area contributed by atoms with Crippen molar-refractivity contribution >= 4 is 19.3 Å².